The zero-order valence-electron chi connectivity index (χ0n) is 9.61. The van der Waals surface area contributed by atoms with Gasteiger partial charge in [0, 0.05) is 22.1 Å². The van der Waals surface area contributed by atoms with Crippen LogP contribution in [0.25, 0.3) is 0 Å². The van der Waals surface area contributed by atoms with E-state index in [0.29, 0.717) is 0 Å². The second-order valence-electron chi connectivity index (χ2n) is 3.85. The molecule has 3 aromatic heterocycles. The number of anilines is 1. The minimum absolute atomic E-state index is 0.217. The molecule has 90 valence electrons. The third kappa shape index (κ3) is 2.44. The van der Waals surface area contributed by atoms with Crippen molar-refractivity contribution in [1.29, 1.82) is 0 Å². The average Bonchev–Trinajstić information content (AvgIpc) is 3.11. The SMILES string of the molecule is c1cncc(NC(c2cccs2)c2cccs2)c1. The van der Waals surface area contributed by atoms with Gasteiger partial charge in [0.1, 0.15) is 0 Å². The second-order valence-corrected chi connectivity index (χ2v) is 5.81. The van der Waals surface area contributed by atoms with Crippen molar-refractivity contribution >= 4 is 28.4 Å². The predicted octanol–water partition coefficient (Wildman–Crippen LogP) is 4.41. The van der Waals surface area contributed by atoms with Gasteiger partial charge in [-0.05, 0) is 35.0 Å². The molecule has 0 aliphatic carbocycles. The van der Waals surface area contributed by atoms with Crippen LogP contribution in [0.1, 0.15) is 15.8 Å². The molecule has 0 atom stereocenters. The molecule has 0 saturated heterocycles. The van der Waals surface area contributed by atoms with Crippen LogP contribution < -0.4 is 5.32 Å². The molecule has 0 amide bonds. The van der Waals surface area contributed by atoms with Gasteiger partial charge in [-0.3, -0.25) is 4.98 Å². The molecule has 0 unspecified atom stereocenters. The molecule has 0 bridgehead atoms. The van der Waals surface area contributed by atoms with Crippen LogP contribution >= 0.6 is 22.7 Å². The Morgan fingerprint density at radius 2 is 1.67 bits per heavy atom. The van der Waals surface area contributed by atoms with Gasteiger partial charge in [-0.15, -0.1) is 22.7 Å². The normalized spacial score (nSPS) is 10.7. The Morgan fingerprint density at radius 3 is 2.17 bits per heavy atom. The maximum Gasteiger partial charge on any atom is 0.0954 e. The van der Waals surface area contributed by atoms with Crippen molar-refractivity contribution in [2.24, 2.45) is 0 Å². The van der Waals surface area contributed by atoms with Gasteiger partial charge in [-0.2, -0.15) is 0 Å². The van der Waals surface area contributed by atoms with E-state index in [2.05, 4.69) is 45.3 Å². The Kier molecular flexibility index (Phi) is 3.39. The van der Waals surface area contributed by atoms with Crippen LogP contribution in [0.4, 0.5) is 5.69 Å². The molecule has 0 aromatic carbocycles. The highest BCUT2D eigenvalue weighted by molar-refractivity contribution is 7.11. The predicted molar refractivity (Wildman–Crippen MR) is 78.3 cm³/mol. The van der Waals surface area contributed by atoms with Gasteiger partial charge in [0.05, 0.1) is 11.7 Å². The topological polar surface area (TPSA) is 24.9 Å². The van der Waals surface area contributed by atoms with Crippen molar-refractivity contribution < 1.29 is 0 Å². The first-order chi connectivity index (χ1) is 8.93. The molecule has 0 radical (unpaired) electrons. The fourth-order valence-electron chi connectivity index (χ4n) is 1.81. The number of aromatic nitrogens is 1. The molecule has 3 aromatic rings. The zero-order valence-corrected chi connectivity index (χ0v) is 11.2. The van der Waals surface area contributed by atoms with E-state index in [4.69, 9.17) is 0 Å². The number of hydrogen-bond acceptors (Lipinski definition) is 4. The largest absolute Gasteiger partial charge is 0.371 e. The highest BCUT2D eigenvalue weighted by atomic mass is 32.1. The van der Waals surface area contributed by atoms with Gasteiger partial charge in [0.25, 0.3) is 0 Å². The van der Waals surface area contributed by atoms with E-state index in [-0.39, 0.29) is 6.04 Å². The molecule has 1 N–H and O–H groups in total. The molecule has 0 saturated carbocycles. The summed E-state index contributed by atoms with van der Waals surface area (Å²) in [5.41, 5.74) is 1.05. The number of hydrogen-bond donors (Lipinski definition) is 1. The fraction of sp³-hybridized carbons (Fsp3) is 0.0714. The lowest BCUT2D eigenvalue weighted by Gasteiger charge is -2.17. The quantitative estimate of drug-likeness (QED) is 0.761. The Hall–Kier alpha value is -1.65. The maximum atomic E-state index is 4.14. The Bertz CT molecular complexity index is 539. The minimum Gasteiger partial charge on any atom is -0.371 e. The summed E-state index contributed by atoms with van der Waals surface area (Å²) < 4.78 is 0. The summed E-state index contributed by atoms with van der Waals surface area (Å²) in [5, 5.41) is 7.77. The van der Waals surface area contributed by atoms with E-state index in [0.717, 1.165) is 5.69 Å². The van der Waals surface area contributed by atoms with Gasteiger partial charge >= 0.3 is 0 Å². The van der Waals surface area contributed by atoms with Gasteiger partial charge in [0.15, 0.2) is 0 Å². The van der Waals surface area contributed by atoms with Crippen LogP contribution in [-0.4, -0.2) is 4.98 Å². The van der Waals surface area contributed by atoms with Crippen LogP contribution in [-0.2, 0) is 0 Å². The van der Waals surface area contributed by atoms with E-state index in [1.807, 2.05) is 18.3 Å². The highest BCUT2D eigenvalue weighted by Crippen LogP contribution is 2.32. The smallest absolute Gasteiger partial charge is 0.0954 e. The Labute approximate surface area is 114 Å². The van der Waals surface area contributed by atoms with E-state index in [9.17, 15) is 0 Å². The lowest BCUT2D eigenvalue weighted by atomic mass is 10.2. The van der Waals surface area contributed by atoms with Crippen LogP contribution in [0.15, 0.2) is 59.6 Å². The summed E-state index contributed by atoms with van der Waals surface area (Å²) in [7, 11) is 0. The number of nitrogens with zero attached hydrogens (tertiary/aromatic N) is 1. The molecular weight excluding hydrogens is 260 g/mol. The summed E-state index contributed by atoms with van der Waals surface area (Å²) in [6, 6.07) is 12.7. The second kappa shape index (κ2) is 5.33. The van der Waals surface area contributed by atoms with Crippen molar-refractivity contribution in [3.63, 3.8) is 0 Å². The molecule has 18 heavy (non-hydrogen) atoms. The summed E-state index contributed by atoms with van der Waals surface area (Å²) in [6.45, 7) is 0. The number of rotatable bonds is 4. The van der Waals surface area contributed by atoms with Crippen LogP contribution in [0, 0.1) is 0 Å². The lowest BCUT2D eigenvalue weighted by molar-refractivity contribution is 0.989. The first-order valence-corrected chi connectivity index (χ1v) is 7.43. The van der Waals surface area contributed by atoms with Gasteiger partial charge in [-0.25, -0.2) is 0 Å². The molecule has 0 spiro atoms. The van der Waals surface area contributed by atoms with Crippen molar-refractivity contribution in [1.82, 2.24) is 4.98 Å². The lowest BCUT2D eigenvalue weighted by Crippen LogP contribution is -2.09. The summed E-state index contributed by atoms with van der Waals surface area (Å²) in [4.78, 5) is 6.79. The average molecular weight is 272 g/mol. The zero-order chi connectivity index (χ0) is 12.2. The number of thiophene rings is 2. The van der Waals surface area contributed by atoms with E-state index in [1.165, 1.54) is 9.75 Å². The summed E-state index contributed by atoms with van der Waals surface area (Å²) in [6.07, 6.45) is 3.64. The molecule has 0 aliphatic heterocycles. The standard InChI is InChI=1S/C14H12N2S2/c1-4-11(10-15-7-1)16-14(12-5-2-8-17-12)13-6-3-9-18-13/h1-10,14,16H. The van der Waals surface area contributed by atoms with Crippen molar-refractivity contribution in [2.75, 3.05) is 5.32 Å². The molecule has 2 nitrogen and oxygen atoms in total. The molecular formula is C14H12N2S2. The molecule has 3 rings (SSSR count). The summed E-state index contributed by atoms with van der Waals surface area (Å²) >= 11 is 3.54. The Morgan fingerprint density at radius 1 is 0.944 bits per heavy atom. The van der Waals surface area contributed by atoms with Gasteiger partial charge < -0.3 is 5.32 Å². The van der Waals surface area contributed by atoms with E-state index < -0.39 is 0 Å². The minimum atomic E-state index is 0.217. The number of pyridine rings is 1. The first kappa shape index (κ1) is 11.4. The van der Waals surface area contributed by atoms with Crippen LogP contribution in [0.3, 0.4) is 0 Å². The molecule has 0 aliphatic rings. The maximum absolute atomic E-state index is 4.14. The van der Waals surface area contributed by atoms with E-state index in [1.54, 1.807) is 28.9 Å². The van der Waals surface area contributed by atoms with Crippen molar-refractivity contribution in [2.45, 2.75) is 6.04 Å². The van der Waals surface area contributed by atoms with E-state index >= 15 is 0 Å². The molecule has 3 heterocycles. The molecule has 4 heteroatoms. The fourth-order valence-corrected chi connectivity index (χ4v) is 3.47. The van der Waals surface area contributed by atoms with Crippen LogP contribution in [0.5, 0.6) is 0 Å². The first-order valence-electron chi connectivity index (χ1n) is 5.67. The third-order valence-electron chi connectivity index (χ3n) is 2.63. The monoisotopic (exact) mass is 272 g/mol. The van der Waals surface area contributed by atoms with Gasteiger partial charge in [0.2, 0.25) is 0 Å². The molecule has 0 fully saturated rings. The van der Waals surface area contributed by atoms with Crippen molar-refractivity contribution in [3.05, 3.63) is 69.3 Å². The third-order valence-corrected chi connectivity index (χ3v) is 4.50. The van der Waals surface area contributed by atoms with Crippen LogP contribution in [0.2, 0.25) is 0 Å². The summed E-state index contributed by atoms with van der Waals surface area (Å²) in [5.74, 6) is 0. The Balaban J connectivity index is 1.92. The van der Waals surface area contributed by atoms with Crippen molar-refractivity contribution in [3.8, 4) is 0 Å². The highest BCUT2D eigenvalue weighted by Gasteiger charge is 2.15. The number of nitrogens with one attached hydrogen (secondary N) is 1. The van der Waals surface area contributed by atoms with Gasteiger partial charge in [-0.1, -0.05) is 12.1 Å².